The minimum atomic E-state index is -1.01. The Morgan fingerprint density at radius 1 is 1.15 bits per heavy atom. The SMILES string of the molecule is NC(=O)c1ccnc(NCc2cc(C(=O)O)ccn2)c1. The Hall–Kier alpha value is -2.96. The fourth-order valence-electron chi connectivity index (χ4n) is 1.57. The van der Waals surface area contributed by atoms with Crippen LogP contribution in [0.4, 0.5) is 5.82 Å². The van der Waals surface area contributed by atoms with Gasteiger partial charge in [-0.2, -0.15) is 0 Å². The van der Waals surface area contributed by atoms with Crippen LogP contribution < -0.4 is 11.1 Å². The van der Waals surface area contributed by atoms with E-state index in [2.05, 4.69) is 15.3 Å². The number of carboxylic acids is 1. The number of primary amides is 1. The predicted molar refractivity (Wildman–Crippen MR) is 71.3 cm³/mol. The van der Waals surface area contributed by atoms with E-state index in [9.17, 15) is 9.59 Å². The summed E-state index contributed by atoms with van der Waals surface area (Å²) >= 11 is 0. The molecular formula is C13H12N4O3. The van der Waals surface area contributed by atoms with Gasteiger partial charge in [0.2, 0.25) is 5.91 Å². The molecule has 0 atom stereocenters. The molecule has 0 aromatic carbocycles. The van der Waals surface area contributed by atoms with Gasteiger partial charge in [-0.05, 0) is 24.3 Å². The van der Waals surface area contributed by atoms with Crippen molar-refractivity contribution in [2.24, 2.45) is 5.73 Å². The zero-order valence-electron chi connectivity index (χ0n) is 10.4. The lowest BCUT2D eigenvalue weighted by molar-refractivity contribution is 0.0696. The van der Waals surface area contributed by atoms with Crippen molar-refractivity contribution in [1.82, 2.24) is 9.97 Å². The van der Waals surface area contributed by atoms with Crippen LogP contribution in [0.1, 0.15) is 26.4 Å². The highest BCUT2D eigenvalue weighted by Crippen LogP contribution is 2.08. The maximum atomic E-state index is 11.0. The second-order valence-electron chi connectivity index (χ2n) is 3.99. The first-order valence-corrected chi connectivity index (χ1v) is 5.74. The Morgan fingerprint density at radius 2 is 1.85 bits per heavy atom. The Kier molecular flexibility index (Phi) is 3.90. The monoisotopic (exact) mass is 272 g/mol. The van der Waals surface area contributed by atoms with Crippen molar-refractivity contribution in [3.05, 3.63) is 53.5 Å². The number of hydrogen-bond acceptors (Lipinski definition) is 5. The Labute approximate surface area is 114 Å². The molecule has 20 heavy (non-hydrogen) atoms. The summed E-state index contributed by atoms with van der Waals surface area (Å²) in [5.74, 6) is -1.09. The van der Waals surface area contributed by atoms with E-state index in [-0.39, 0.29) is 12.1 Å². The topological polar surface area (TPSA) is 118 Å². The molecule has 1 amide bonds. The van der Waals surface area contributed by atoms with Crippen LogP contribution in [0.5, 0.6) is 0 Å². The molecule has 0 unspecified atom stereocenters. The smallest absolute Gasteiger partial charge is 0.335 e. The number of rotatable bonds is 5. The van der Waals surface area contributed by atoms with Crippen LogP contribution in [0, 0.1) is 0 Å². The Morgan fingerprint density at radius 3 is 2.55 bits per heavy atom. The summed E-state index contributed by atoms with van der Waals surface area (Å²) in [6.07, 6.45) is 2.89. The fourth-order valence-corrected chi connectivity index (χ4v) is 1.57. The molecule has 2 heterocycles. The number of aromatic nitrogens is 2. The van der Waals surface area contributed by atoms with Crippen molar-refractivity contribution in [1.29, 1.82) is 0 Å². The molecule has 2 aromatic rings. The average Bonchev–Trinajstić information content (AvgIpc) is 2.45. The van der Waals surface area contributed by atoms with E-state index in [1.807, 2.05) is 0 Å². The van der Waals surface area contributed by atoms with Gasteiger partial charge < -0.3 is 16.2 Å². The first-order chi connectivity index (χ1) is 9.56. The molecule has 0 saturated carbocycles. The van der Waals surface area contributed by atoms with Crippen molar-refractivity contribution >= 4 is 17.7 Å². The molecule has 0 aliphatic heterocycles. The summed E-state index contributed by atoms with van der Waals surface area (Å²) in [6.45, 7) is 0.288. The maximum Gasteiger partial charge on any atom is 0.335 e. The van der Waals surface area contributed by atoms with Gasteiger partial charge in [0.15, 0.2) is 0 Å². The van der Waals surface area contributed by atoms with Crippen LogP contribution in [-0.2, 0) is 6.54 Å². The summed E-state index contributed by atoms with van der Waals surface area (Å²) in [5, 5.41) is 11.8. The average molecular weight is 272 g/mol. The van der Waals surface area contributed by atoms with Crippen LogP contribution in [0.2, 0.25) is 0 Å². The van der Waals surface area contributed by atoms with Crippen molar-refractivity contribution < 1.29 is 14.7 Å². The summed E-state index contributed by atoms with van der Waals surface area (Å²) in [7, 11) is 0. The van der Waals surface area contributed by atoms with Crippen LogP contribution in [0.25, 0.3) is 0 Å². The molecule has 4 N–H and O–H groups in total. The number of anilines is 1. The largest absolute Gasteiger partial charge is 0.478 e. The molecule has 0 spiro atoms. The minimum Gasteiger partial charge on any atom is -0.478 e. The summed E-state index contributed by atoms with van der Waals surface area (Å²) in [6, 6.07) is 5.91. The molecule has 7 heteroatoms. The molecule has 0 fully saturated rings. The number of aromatic carboxylic acids is 1. The molecule has 0 aliphatic carbocycles. The molecule has 0 radical (unpaired) electrons. The highest BCUT2D eigenvalue weighted by atomic mass is 16.4. The third-order valence-electron chi connectivity index (χ3n) is 2.56. The molecule has 0 bridgehead atoms. The lowest BCUT2D eigenvalue weighted by Crippen LogP contribution is -2.12. The third-order valence-corrected chi connectivity index (χ3v) is 2.56. The number of amides is 1. The van der Waals surface area contributed by atoms with E-state index >= 15 is 0 Å². The maximum absolute atomic E-state index is 11.0. The molecule has 102 valence electrons. The predicted octanol–water partition coefficient (Wildman–Crippen LogP) is 0.886. The van der Waals surface area contributed by atoms with Gasteiger partial charge >= 0.3 is 5.97 Å². The second-order valence-corrected chi connectivity index (χ2v) is 3.99. The van der Waals surface area contributed by atoms with Gasteiger partial charge in [-0.3, -0.25) is 9.78 Å². The van der Waals surface area contributed by atoms with Crippen molar-refractivity contribution in [2.75, 3.05) is 5.32 Å². The first-order valence-electron chi connectivity index (χ1n) is 5.74. The van der Waals surface area contributed by atoms with E-state index in [1.165, 1.54) is 36.7 Å². The highest BCUT2D eigenvalue weighted by molar-refractivity contribution is 5.93. The van der Waals surface area contributed by atoms with Crippen LogP contribution in [0.15, 0.2) is 36.7 Å². The van der Waals surface area contributed by atoms with E-state index in [4.69, 9.17) is 10.8 Å². The van der Waals surface area contributed by atoms with E-state index in [0.717, 1.165) is 0 Å². The standard InChI is InChI=1S/C13H12N4O3/c14-12(18)8-1-4-16-11(6-8)17-7-10-5-9(13(19)20)2-3-15-10/h1-6H,7H2,(H2,14,18)(H,16,17)(H,19,20). The minimum absolute atomic E-state index is 0.163. The molecule has 7 nitrogen and oxygen atoms in total. The van der Waals surface area contributed by atoms with Crippen LogP contribution >= 0.6 is 0 Å². The van der Waals surface area contributed by atoms with Gasteiger partial charge in [-0.1, -0.05) is 0 Å². The molecule has 0 aliphatic rings. The molecule has 2 rings (SSSR count). The number of nitrogens with two attached hydrogens (primary N) is 1. The molecule has 0 saturated heterocycles. The van der Waals surface area contributed by atoms with Gasteiger partial charge in [0.05, 0.1) is 17.8 Å². The lowest BCUT2D eigenvalue weighted by Gasteiger charge is -2.06. The van der Waals surface area contributed by atoms with E-state index in [1.54, 1.807) is 0 Å². The fraction of sp³-hybridized carbons (Fsp3) is 0.0769. The number of pyridine rings is 2. The summed E-state index contributed by atoms with van der Waals surface area (Å²) in [5.41, 5.74) is 6.23. The highest BCUT2D eigenvalue weighted by Gasteiger charge is 2.05. The Bertz CT molecular complexity index is 600. The first kappa shape index (κ1) is 13.5. The van der Waals surface area contributed by atoms with Gasteiger partial charge in [0.1, 0.15) is 5.82 Å². The number of carbonyl (C=O) groups is 2. The zero-order chi connectivity index (χ0) is 14.5. The van der Waals surface area contributed by atoms with Crippen molar-refractivity contribution in [3.63, 3.8) is 0 Å². The summed E-state index contributed by atoms with van der Waals surface area (Å²) < 4.78 is 0. The van der Waals surface area contributed by atoms with Crippen LogP contribution in [0.3, 0.4) is 0 Å². The number of carboxylic acid groups (broad SMARTS) is 1. The molecule has 2 aromatic heterocycles. The quantitative estimate of drug-likeness (QED) is 0.743. The zero-order valence-corrected chi connectivity index (χ0v) is 10.4. The number of nitrogens with one attached hydrogen (secondary N) is 1. The van der Waals surface area contributed by atoms with Crippen LogP contribution in [-0.4, -0.2) is 27.0 Å². The van der Waals surface area contributed by atoms with E-state index in [0.29, 0.717) is 17.1 Å². The summed E-state index contributed by atoms with van der Waals surface area (Å²) in [4.78, 5) is 30.0. The lowest BCUT2D eigenvalue weighted by atomic mass is 10.2. The number of nitrogens with zero attached hydrogens (tertiary/aromatic N) is 2. The van der Waals surface area contributed by atoms with Gasteiger partial charge in [0, 0.05) is 18.0 Å². The van der Waals surface area contributed by atoms with Crippen molar-refractivity contribution in [2.45, 2.75) is 6.54 Å². The van der Waals surface area contributed by atoms with Gasteiger partial charge in [-0.15, -0.1) is 0 Å². The van der Waals surface area contributed by atoms with Gasteiger partial charge in [-0.25, -0.2) is 9.78 Å². The normalized spacial score (nSPS) is 10.0. The molecular weight excluding hydrogens is 260 g/mol. The number of carbonyl (C=O) groups excluding carboxylic acids is 1. The van der Waals surface area contributed by atoms with Crippen molar-refractivity contribution in [3.8, 4) is 0 Å². The second kappa shape index (κ2) is 5.79. The third kappa shape index (κ3) is 3.29. The Balaban J connectivity index is 2.08. The van der Waals surface area contributed by atoms with E-state index < -0.39 is 11.9 Å². The number of hydrogen-bond donors (Lipinski definition) is 3. The van der Waals surface area contributed by atoms with Gasteiger partial charge in [0.25, 0.3) is 0 Å².